The molecule has 0 aliphatic carbocycles. The van der Waals surface area contributed by atoms with E-state index in [-0.39, 0.29) is 16.4 Å². The van der Waals surface area contributed by atoms with Crippen LogP contribution < -0.4 is 9.46 Å². The Morgan fingerprint density at radius 1 is 1.35 bits per heavy atom. The molecule has 0 bridgehead atoms. The summed E-state index contributed by atoms with van der Waals surface area (Å²) in [6.07, 6.45) is 1.39. The van der Waals surface area contributed by atoms with Crippen LogP contribution in [0, 0.1) is 5.82 Å². The average molecular weight is 397 g/mol. The van der Waals surface area contributed by atoms with Crippen molar-refractivity contribution in [1.29, 1.82) is 0 Å². The molecule has 0 saturated heterocycles. The molecule has 1 aromatic carbocycles. The Morgan fingerprint density at radius 2 is 2.15 bits per heavy atom. The largest absolute Gasteiger partial charge is 0.495 e. The molecule has 0 aliphatic rings. The number of hydrogen-bond acceptors (Lipinski definition) is 6. The predicted octanol–water partition coefficient (Wildman–Crippen LogP) is 2.70. The molecule has 0 aliphatic heterocycles. The number of aliphatic hydroxyl groups is 1. The lowest BCUT2D eigenvalue weighted by Gasteiger charge is -2.25. The van der Waals surface area contributed by atoms with Gasteiger partial charge in [-0.3, -0.25) is 0 Å². The summed E-state index contributed by atoms with van der Waals surface area (Å²) in [4.78, 5) is -0.355. The van der Waals surface area contributed by atoms with Gasteiger partial charge in [0.15, 0.2) is 5.60 Å². The van der Waals surface area contributed by atoms with Crippen molar-refractivity contribution < 1.29 is 27.1 Å². The highest BCUT2D eigenvalue weighted by molar-refractivity contribution is 7.89. The number of nitrogens with one attached hydrogen (secondary N) is 1. The maximum Gasteiger partial charge on any atom is 0.244 e. The predicted molar refractivity (Wildman–Crippen MR) is 94.2 cm³/mol. The summed E-state index contributed by atoms with van der Waals surface area (Å²) in [5.74, 6) is -0.536. The van der Waals surface area contributed by atoms with E-state index in [9.17, 15) is 17.9 Å². The van der Waals surface area contributed by atoms with Crippen molar-refractivity contribution in [3.8, 4) is 5.75 Å². The Hall–Kier alpha value is -2.20. The lowest BCUT2D eigenvalue weighted by Crippen LogP contribution is -2.41. The van der Waals surface area contributed by atoms with E-state index < -0.39 is 28.0 Å². The lowest BCUT2D eigenvalue weighted by molar-refractivity contribution is 0.0623. The number of methoxy groups -OCH3 is 1. The van der Waals surface area contributed by atoms with Crippen LogP contribution in [-0.4, -0.2) is 27.2 Å². The first-order chi connectivity index (χ1) is 12.4. The molecular formula is C17H16FNO5S2. The van der Waals surface area contributed by atoms with Crippen LogP contribution in [0.25, 0.3) is 0 Å². The third kappa shape index (κ3) is 3.51. The van der Waals surface area contributed by atoms with E-state index in [0.29, 0.717) is 5.56 Å². The standard InChI is InChI=1S/C17H16FNO5S2/c1-23-14-5-4-13(18)9-15(14)26(21,22)19-11-17(20,12-6-8-25-10-12)16-3-2-7-24-16/h2-10,19-20H,11H2,1H3/t17-/m1/s1. The molecule has 0 fully saturated rings. The quantitative estimate of drug-likeness (QED) is 0.640. The summed E-state index contributed by atoms with van der Waals surface area (Å²) in [5, 5.41) is 14.6. The van der Waals surface area contributed by atoms with E-state index in [0.717, 1.165) is 12.1 Å². The van der Waals surface area contributed by atoms with Crippen LogP contribution in [-0.2, 0) is 15.6 Å². The number of hydrogen-bond donors (Lipinski definition) is 2. The fourth-order valence-electron chi connectivity index (χ4n) is 2.48. The molecule has 3 aromatic rings. The number of thiophene rings is 1. The van der Waals surface area contributed by atoms with Gasteiger partial charge in [-0.25, -0.2) is 17.5 Å². The minimum atomic E-state index is -4.15. The van der Waals surface area contributed by atoms with Crippen molar-refractivity contribution in [3.63, 3.8) is 0 Å². The molecule has 2 N–H and O–H groups in total. The zero-order valence-corrected chi connectivity index (χ0v) is 15.3. The summed E-state index contributed by atoms with van der Waals surface area (Å²) in [7, 11) is -2.87. The Labute approximate surface area is 153 Å². The molecule has 9 heteroatoms. The van der Waals surface area contributed by atoms with Crippen molar-refractivity contribution >= 4 is 21.4 Å². The first-order valence-corrected chi connectivity index (χ1v) is 9.91. The molecule has 26 heavy (non-hydrogen) atoms. The second kappa shape index (κ2) is 7.20. The molecule has 3 rings (SSSR count). The van der Waals surface area contributed by atoms with E-state index in [1.54, 1.807) is 29.0 Å². The first kappa shape index (κ1) is 18.6. The fraction of sp³-hybridized carbons (Fsp3) is 0.176. The van der Waals surface area contributed by atoms with Gasteiger partial charge < -0.3 is 14.3 Å². The third-order valence-electron chi connectivity index (χ3n) is 3.86. The van der Waals surface area contributed by atoms with Gasteiger partial charge in [0.25, 0.3) is 0 Å². The van der Waals surface area contributed by atoms with E-state index in [1.807, 2.05) is 0 Å². The van der Waals surface area contributed by atoms with Gasteiger partial charge in [-0.2, -0.15) is 11.3 Å². The Morgan fingerprint density at radius 3 is 2.77 bits per heavy atom. The molecule has 0 radical (unpaired) electrons. The zero-order chi connectivity index (χ0) is 18.8. The molecule has 0 unspecified atom stereocenters. The van der Waals surface area contributed by atoms with Crippen LogP contribution in [0.5, 0.6) is 5.75 Å². The van der Waals surface area contributed by atoms with Crippen LogP contribution in [0.3, 0.4) is 0 Å². The van der Waals surface area contributed by atoms with Gasteiger partial charge in [0.05, 0.1) is 19.9 Å². The topological polar surface area (TPSA) is 88.8 Å². The SMILES string of the molecule is COc1ccc(F)cc1S(=O)(=O)NC[C@@](O)(c1ccsc1)c1ccco1. The molecular weight excluding hydrogens is 381 g/mol. The van der Waals surface area contributed by atoms with Gasteiger partial charge in [-0.15, -0.1) is 0 Å². The normalized spacial score (nSPS) is 14.1. The maximum atomic E-state index is 13.5. The molecule has 1 atom stereocenters. The minimum absolute atomic E-state index is 0.00373. The molecule has 0 saturated carbocycles. The van der Waals surface area contributed by atoms with Gasteiger partial charge in [-0.05, 0) is 47.2 Å². The van der Waals surface area contributed by atoms with Crippen molar-refractivity contribution in [2.45, 2.75) is 10.5 Å². The number of benzene rings is 1. The van der Waals surface area contributed by atoms with Crippen LogP contribution >= 0.6 is 11.3 Å². The zero-order valence-electron chi connectivity index (χ0n) is 13.7. The average Bonchev–Trinajstić information content (AvgIpc) is 3.33. The minimum Gasteiger partial charge on any atom is -0.495 e. The van der Waals surface area contributed by atoms with E-state index >= 15 is 0 Å². The summed E-state index contributed by atoms with van der Waals surface area (Å²) in [6, 6.07) is 8.00. The second-order valence-corrected chi connectivity index (χ2v) is 7.98. The molecule has 138 valence electrons. The Kier molecular flexibility index (Phi) is 5.15. The molecule has 0 spiro atoms. The summed E-state index contributed by atoms with van der Waals surface area (Å²) in [5.41, 5.74) is -1.23. The highest BCUT2D eigenvalue weighted by Crippen LogP contribution is 2.32. The fourth-order valence-corrected chi connectivity index (χ4v) is 4.45. The summed E-state index contributed by atoms with van der Waals surface area (Å²) < 4.78 is 51.4. The molecule has 0 amide bonds. The number of halogens is 1. The van der Waals surface area contributed by atoms with Gasteiger partial charge in [-0.1, -0.05) is 0 Å². The first-order valence-electron chi connectivity index (χ1n) is 7.49. The van der Waals surface area contributed by atoms with Crippen LogP contribution in [0.15, 0.2) is 62.7 Å². The smallest absolute Gasteiger partial charge is 0.244 e. The van der Waals surface area contributed by atoms with Gasteiger partial charge in [0.2, 0.25) is 10.0 Å². The molecule has 2 aromatic heterocycles. The van der Waals surface area contributed by atoms with Crippen LogP contribution in [0.2, 0.25) is 0 Å². The van der Waals surface area contributed by atoms with Crippen molar-refractivity contribution in [1.82, 2.24) is 4.72 Å². The van der Waals surface area contributed by atoms with Gasteiger partial charge in [0, 0.05) is 5.56 Å². The molecule has 6 nitrogen and oxygen atoms in total. The van der Waals surface area contributed by atoms with E-state index in [2.05, 4.69) is 4.72 Å². The van der Waals surface area contributed by atoms with Crippen LogP contribution in [0.1, 0.15) is 11.3 Å². The summed E-state index contributed by atoms with van der Waals surface area (Å²) in [6.45, 7) is -0.404. The van der Waals surface area contributed by atoms with Gasteiger partial charge in [0.1, 0.15) is 22.2 Å². The lowest BCUT2D eigenvalue weighted by atomic mass is 9.94. The van der Waals surface area contributed by atoms with Crippen molar-refractivity contribution in [2.75, 3.05) is 13.7 Å². The summed E-state index contributed by atoms with van der Waals surface area (Å²) >= 11 is 1.35. The third-order valence-corrected chi connectivity index (χ3v) is 5.97. The highest BCUT2D eigenvalue weighted by Gasteiger charge is 2.37. The van der Waals surface area contributed by atoms with E-state index in [1.165, 1.54) is 30.8 Å². The molecule has 2 heterocycles. The number of ether oxygens (including phenoxy) is 1. The monoisotopic (exact) mass is 397 g/mol. The maximum absolute atomic E-state index is 13.5. The van der Waals surface area contributed by atoms with E-state index in [4.69, 9.17) is 9.15 Å². The number of furan rings is 1. The van der Waals surface area contributed by atoms with Crippen molar-refractivity contribution in [3.05, 3.63) is 70.6 Å². The Bertz CT molecular complexity index is 935. The number of sulfonamides is 1. The highest BCUT2D eigenvalue weighted by atomic mass is 32.2. The van der Waals surface area contributed by atoms with Crippen LogP contribution in [0.4, 0.5) is 4.39 Å². The van der Waals surface area contributed by atoms with Crippen molar-refractivity contribution in [2.24, 2.45) is 0 Å². The second-order valence-electron chi connectivity index (χ2n) is 5.47. The van der Waals surface area contributed by atoms with Gasteiger partial charge >= 0.3 is 0 Å². The Balaban J connectivity index is 1.94. The number of rotatable bonds is 7.